The van der Waals surface area contributed by atoms with Gasteiger partial charge in [0.25, 0.3) is 0 Å². The van der Waals surface area contributed by atoms with Crippen LogP contribution in [0.1, 0.15) is 16.7 Å². The maximum absolute atomic E-state index is 6.25. The topological polar surface area (TPSA) is 22.3 Å². The lowest BCUT2D eigenvalue weighted by atomic mass is 10.1. The van der Waals surface area contributed by atoms with E-state index >= 15 is 0 Å². The zero-order valence-electron chi connectivity index (χ0n) is 22.5. The van der Waals surface area contributed by atoms with Crippen molar-refractivity contribution in [2.45, 2.75) is 6.54 Å². The van der Waals surface area contributed by atoms with Gasteiger partial charge in [-0.05, 0) is 53.6 Å². The summed E-state index contributed by atoms with van der Waals surface area (Å²) in [5.41, 5.74) is 4.65. The average molecular weight is 522 g/mol. The molecule has 0 N–H and O–H groups in total. The predicted molar refractivity (Wildman–Crippen MR) is 165 cm³/mol. The van der Waals surface area contributed by atoms with Crippen LogP contribution in [0.25, 0.3) is 23.1 Å². The average Bonchev–Trinajstić information content (AvgIpc) is 2.99. The van der Waals surface area contributed by atoms with Crippen molar-refractivity contribution in [1.82, 2.24) is 0 Å². The molecule has 6 aromatic rings. The van der Waals surface area contributed by atoms with Crippen molar-refractivity contribution in [3.8, 4) is 23.0 Å². The first kappa shape index (κ1) is 26.5. The maximum Gasteiger partial charge on any atom is 0.213 e. The molecule has 0 aliphatic rings. The number of nitrogens with zero attached hydrogens (tertiary/aromatic N) is 1. The molecule has 3 nitrogen and oxygen atoms in total. The summed E-state index contributed by atoms with van der Waals surface area (Å²) in [6, 6.07) is 46.8. The molecule has 0 radical (unpaired) electrons. The third kappa shape index (κ3) is 6.28. The largest absolute Gasteiger partial charge is 0.453 e. The fourth-order valence-corrected chi connectivity index (χ4v) is 4.58. The van der Waals surface area contributed by atoms with Crippen LogP contribution in [0.3, 0.4) is 0 Å². The highest BCUT2D eigenvalue weighted by molar-refractivity contribution is 5.88. The van der Waals surface area contributed by atoms with Crippen molar-refractivity contribution in [2.24, 2.45) is 0 Å². The monoisotopic (exact) mass is 521 g/mol. The maximum atomic E-state index is 6.25. The summed E-state index contributed by atoms with van der Waals surface area (Å²) in [6.07, 6.45) is 6.44. The van der Waals surface area contributed by atoms with Crippen LogP contribution in [0.15, 0.2) is 146 Å². The lowest BCUT2D eigenvalue weighted by molar-refractivity contribution is -0.662. The molecule has 0 unspecified atom stereocenters. The Bertz CT molecular complexity index is 1710. The van der Waals surface area contributed by atoms with Crippen molar-refractivity contribution in [2.75, 3.05) is 0 Å². The summed E-state index contributed by atoms with van der Waals surface area (Å²) in [6.45, 7) is 0.828. The molecule has 1 heterocycles. The van der Waals surface area contributed by atoms with Gasteiger partial charge in [-0.3, -0.25) is 0 Å². The molecule has 0 saturated heterocycles. The van der Waals surface area contributed by atoms with Gasteiger partial charge in [0.15, 0.2) is 24.2 Å². The van der Waals surface area contributed by atoms with E-state index < -0.39 is 0 Å². The third-order valence-electron chi connectivity index (χ3n) is 6.52. The fourth-order valence-electron chi connectivity index (χ4n) is 4.58. The van der Waals surface area contributed by atoms with Gasteiger partial charge in [-0.2, -0.15) is 4.57 Å². The van der Waals surface area contributed by atoms with Gasteiger partial charge in [-0.15, -0.1) is 0 Å². The highest BCUT2D eigenvalue weighted by Gasteiger charge is 2.12. The van der Waals surface area contributed by atoms with Crippen LogP contribution >= 0.6 is 0 Å². The zero-order chi connectivity index (χ0) is 26.3. The molecule has 196 valence electrons. The molecule has 0 saturated carbocycles. The fraction of sp³-hybridized carbons (Fsp3) is 0.0270. The molecule has 0 aliphatic carbocycles. The normalized spacial score (nSPS) is 10.8. The summed E-state index contributed by atoms with van der Waals surface area (Å²) in [7, 11) is 0. The van der Waals surface area contributed by atoms with E-state index in [1.54, 1.807) is 0 Å². The summed E-state index contributed by atoms with van der Waals surface area (Å²) in [5, 5.41) is 1.21. The highest BCUT2D eigenvalue weighted by atomic mass is 16.5. The minimum Gasteiger partial charge on any atom is -0.453 e. The summed E-state index contributed by atoms with van der Waals surface area (Å²) in [4.78, 5) is 0. The molecule has 40 heavy (non-hydrogen) atoms. The number of hydrogen-bond donors (Lipinski definition) is 0. The number of pyridine rings is 1. The quantitative estimate of drug-likeness (QED) is 0.147. The highest BCUT2D eigenvalue weighted by Crippen LogP contribution is 2.36. The van der Waals surface area contributed by atoms with Gasteiger partial charge in [-0.25, -0.2) is 0 Å². The molecule has 6 rings (SSSR count). The van der Waals surface area contributed by atoms with E-state index in [4.69, 9.17) is 9.47 Å². The van der Waals surface area contributed by atoms with Crippen molar-refractivity contribution in [1.29, 1.82) is 0 Å². The van der Waals surface area contributed by atoms with E-state index in [-0.39, 0.29) is 7.43 Å². The molecule has 3 heteroatoms. The number of benzene rings is 5. The molecule has 0 amide bonds. The van der Waals surface area contributed by atoms with Crippen LogP contribution in [0.5, 0.6) is 23.0 Å². The second-order valence-electron chi connectivity index (χ2n) is 9.27. The summed E-state index contributed by atoms with van der Waals surface area (Å²) < 4.78 is 14.7. The number of hydrogen-bond acceptors (Lipinski definition) is 2. The number of aromatic nitrogens is 1. The molecule has 0 spiro atoms. The molecule has 0 bridgehead atoms. The van der Waals surface area contributed by atoms with Gasteiger partial charge in [-0.1, -0.05) is 97.1 Å². The number of rotatable bonds is 8. The number of para-hydroxylation sites is 3. The van der Waals surface area contributed by atoms with E-state index in [2.05, 4.69) is 83.6 Å². The Morgan fingerprint density at radius 3 is 1.85 bits per heavy atom. The Morgan fingerprint density at radius 2 is 1.15 bits per heavy atom. The second-order valence-corrected chi connectivity index (χ2v) is 9.27. The second kappa shape index (κ2) is 12.6. The lowest BCUT2D eigenvalue weighted by Crippen LogP contribution is -2.34. The van der Waals surface area contributed by atoms with Crippen molar-refractivity contribution in [3.63, 3.8) is 0 Å². The smallest absolute Gasteiger partial charge is 0.213 e. The first-order valence-corrected chi connectivity index (χ1v) is 13.0. The predicted octanol–water partition coefficient (Wildman–Crippen LogP) is 9.38. The van der Waals surface area contributed by atoms with Gasteiger partial charge in [0.1, 0.15) is 11.5 Å². The molecule has 0 atom stereocenters. The van der Waals surface area contributed by atoms with Gasteiger partial charge in [0, 0.05) is 17.7 Å². The van der Waals surface area contributed by atoms with Crippen LogP contribution in [-0.4, -0.2) is 0 Å². The van der Waals surface area contributed by atoms with Crippen LogP contribution in [0.4, 0.5) is 0 Å². The Labute approximate surface area is 236 Å². The Kier molecular flexibility index (Phi) is 8.33. The van der Waals surface area contributed by atoms with E-state index in [1.807, 2.05) is 78.9 Å². The molecule has 5 aromatic carbocycles. The molecule has 1 aromatic heterocycles. The number of fused-ring (bicyclic) bond motifs is 1. The number of ether oxygens (including phenoxy) is 2. The first-order valence-electron chi connectivity index (χ1n) is 13.0. The molecule has 0 fully saturated rings. The van der Waals surface area contributed by atoms with Gasteiger partial charge < -0.3 is 16.9 Å². The van der Waals surface area contributed by atoms with Crippen molar-refractivity contribution >= 4 is 23.1 Å². The van der Waals surface area contributed by atoms with E-state index in [9.17, 15) is 0 Å². The Hall–Kier alpha value is -5.15. The minimum absolute atomic E-state index is 0. The summed E-state index contributed by atoms with van der Waals surface area (Å²) >= 11 is 0. The van der Waals surface area contributed by atoms with Gasteiger partial charge in [0.2, 0.25) is 5.52 Å². The van der Waals surface area contributed by atoms with Crippen LogP contribution in [-0.2, 0) is 6.54 Å². The Balaban J connectivity index is 0.00000323. The van der Waals surface area contributed by atoms with E-state index in [0.29, 0.717) is 11.5 Å². The van der Waals surface area contributed by atoms with E-state index in [1.165, 1.54) is 16.5 Å². The summed E-state index contributed by atoms with van der Waals surface area (Å²) in [5.74, 6) is 2.84. The van der Waals surface area contributed by atoms with E-state index in [0.717, 1.165) is 29.2 Å². The van der Waals surface area contributed by atoms with Gasteiger partial charge >= 0.3 is 0 Å². The van der Waals surface area contributed by atoms with Gasteiger partial charge in [0.05, 0.1) is 5.39 Å². The molecular weight excluding hydrogens is 490 g/mol. The standard InChI is InChI=1S/C36H28NO2.CH3/c1-4-12-29(13-5-1)27-37-25-24-30(33-18-10-11-19-34(33)37)22-20-28-21-23-35(38-31-14-6-2-7-15-31)36(26-28)39-32-16-8-3-9-17-32;/h1-26H,27H2;1H3/q+1;-1. The third-order valence-corrected chi connectivity index (χ3v) is 6.52. The zero-order valence-corrected chi connectivity index (χ0v) is 22.5. The molecule has 0 aliphatic heterocycles. The van der Waals surface area contributed by atoms with Crippen LogP contribution in [0, 0.1) is 7.43 Å². The Morgan fingerprint density at radius 1 is 0.550 bits per heavy atom. The van der Waals surface area contributed by atoms with Crippen molar-refractivity contribution < 1.29 is 14.0 Å². The van der Waals surface area contributed by atoms with Crippen LogP contribution < -0.4 is 14.0 Å². The SMILES string of the molecule is C(=Cc1cc[n+](Cc2ccccc2)c2ccccc12)c1ccc(Oc2ccccc2)c(Oc2ccccc2)c1.[CH3-]. The lowest BCUT2D eigenvalue weighted by Gasteiger charge is -2.13. The minimum atomic E-state index is 0. The van der Waals surface area contributed by atoms with Crippen LogP contribution in [0.2, 0.25) is 0 Å². The van der Waals surface area contributed by atoms with Crippen molar-refractivity contribution in [3.05, 3.63) is 170 Å². The first-order chi connectivity index (χ1) is 19.3. The molecular formula is C37H31NO2.